The largest absolute Gasteiger partial charge is 0.354 e. The van der Waals surface area contributed by atoms with Gasteiger partial charge in [-0.15, -0.1) is 5.10 Å². The second-order valence-electron chi connectivity index (χ2n) is 3.81. The molecule has 0 saturated heterocycles. The predicted molar refractivity (Wildman–Crippen MR) is 55.8 cm³/mol. The molecule has 1 amide bonds. The molecule has 6 heteroatoms. The maximum absolute atomic E-state index is 11.4. The Morgan fingerprint density at radius 3 is 2.93 bits per heavy atom. The van der Waals surface area contributed by atoms with Crippen molar-refractivity contribution in [2.24, 2.45) is 11.7 Å². The van der Waals surface area contributed by atoms with Crippen LogP contribution in [0.15, 0.2) is 6.20 Å². The van der Waals surface area contributed by atoms with Crippen LogP contribution >= 0.6 is 0 Å². The quantitative estimate of drug-likeness (QED) is 0.688. The van der Waals surface area contributed by atoms with E-state index in [0.29, 0.717) is 24.7 Å². The molecule has 1 rings (SSSR count). The van der Waals surface area contributed by atoms with Gasteiger partial charge in [-0.3, -0.25) is 4.79 Å². The van der Waals surface area contributed by atoms with Crippen molar-refractivity contribution in [3.8, 4) is 0 Å². The fourth-order valence-corrected chi connectivity index (χ4v) is 1.03. The highest BCUT2D eigenvalue weighted by molar-refractivity contribution is 5.75. The zero-order chi connectivity index (χ0) is 11.3. The fourth-order valence-electron chi connectivity index (χ4n) is 1.03. The highest BCUT2D eigenvalue weighted by Gasteiger charge is 2.05. The Hall–Kier alpha value is -1.43. The molecule has 0 bridgehead atoms. The Morgan fingerprint density at radius 2 is 2.40 bits per heavy atom. The molecule has 0 atom stereocenters. The van der Waals surface area contributed by atoms with E-state index in [1.807, 2.05) is 13.8 Å². The van der Waals surface area contributed by atoms with Crippen molar-refractivity contribution in [3.63, 3.8) is 0 Å². The summed E-state index contributed by atoms with van der Waals surface area (Å²) in [7, 11) is 0. The average Bonchev–Trinajstić information content (AvgIpc) is 2.62. The lowest BCUT2D eigenvalue weighted by Crippen LogP contribution is -2.30. The van der Waals surface area contributed by atoms with Gasteiger partial charge in [0.15, 0.2) is 0 Å². The number of amides is 1. The van der Waals surface area contributed by atoms with Gasteiger partial charge in [0, 0.05) is 13.1 Å². The summed E-state index contributed by atoms with van der Waals surface area (Å²) >= 11 is 0. The number of carbonyl (C=O) groups excluding carboxylic acids is 1. The standard InChI is InChI=1S/C9H17N5O/c1-7(2)4-11-9(15)6-14-5-8(3-10)12-13-14/h5,7H,3-4,6,10H2,1-2H3,(H,11,15). The van der Waals surface area contributed by atoms with Crippen molar-refractivity contribution in [1.82, 2.24) is 20.3 Å². The lowest BCUT2D eigenvalue weighted by Gasteiger charge is -2.06. The van der Waals surface area contributed by atoms with E-state index in [1.165, 1.54) is 4.68 Å². The molecule has 0 spiro atoms. The van der Waals surface area contributed by atoms with Crippen LogP contribution in [0, 0.1) is 5.92 Å². The molecule has 0 aromatic carbocycles. The molecule has 15 heavy (non-hydrogen) atoms. The van der Waals surface area contributed by atoms with Gasteiger partial charge in [0.05, 0.1) is 11.9 Å². The van der Waals surface area contributed by atoms with Crippen molar-refractivity contribution in [1.29, 1.82) is 0 Å². The Morgan fingerprint density at radius 1 is 1.67 bits per heavy atom. The average molecular weight is 211 g/mol. The van der Waals surface area contributed by atoms with Crippen molar-refractivity contribution in [3.05, 3.63) is 11.9 Å². The van der Waals surface area contributed by atoms with Crippen molar-refractivity contribution in [2.45, 2.75) is 26.9 Å². The first kappa shape index (κ1) is 11.6. The summed E-state index contributed by atoms with van der Waals surface area (Å²) in [6.45, 7) is 5.30. The Bertz CT molecular complexity index is 320. The Balaban J connectivity index is 2.37. The van der Waals surface area contributed by atoms with Crippen molar-refractivity contribution >= 4 is 5.91 Å². The van der Waals surface area contributed by atoms with Gasteiger partial charge >= 0.3 is 0 Å². The highest BCUT2D eigenvalue weighted by atomic mass is 16.2. The van der Waals surface area contributed by atoms with Gasteiger partial charge in [-0.25, -0.2) is 4.68 Å². The molecule has 0 aliphatic heterocycles. The summed E-state index contributed by atoms with van der Waals surface area (Å²) in [6.07, 6.45) is 1.68. The molecule has 3 N–H and O–H groups in total. The van der Waals surface area contributed by atoms with E-state index in [4.69, 9.17) is 5.73 Å². The molecule has 0 fully saturated rings. The summed E-state index contributed by atoms with van der Waals surface area (Å²) < 4.78 is 1.48. The molecular formula is C9H17N5O. The third-order valence-electron chi connectivity index (χ3n) is 1.81. The molecule has 84 valence electrons. The maximum atomic E-state index is 11.4. The van der Waals surface area contributed by atoms with Gasteiger partial charge in [-0.05, 0) is 5.92 Å². The SMILES string of the molecule is CC(C)CNC(=O)Cn1cc(CN)nn1. The number of aromatic nitrogens is 3. The van der Waals surface area contributed by atoms with Crippen LogP contribution in [0.1, 0.15) is 19.5 Å². The van der Waals surface area contributed by atoms with E-state index < -0.39 is 0 Å². The van der Waals surface area contributed by atoms with Gasteiger partial charge in [0.1, 0.15) is 6.54 Å². The van der Waals surface area contributed by atoms with Gasteiger partial charge in [-0.2, -0.15) is 0 Å². The molecule has 0 unspecified atom stereocenters. The van der Waals surface area contributed by atoms with E-state index >= 15 is 0 Å². The molecule has 0 saturated carbocycles. The van der Waals surface area contributed by atoms with E-state index in [-0.39, 0.29) is 12.5 Å². The second-order valence-corrected chi connectivity index (χ2v) is 3.81. The minimum atomic E-state index is -0.0582. The summed E-state index contributed by atoms with van der Waals surface area (Å²) in [6, 6.07) is 0. The molecular weight excluding hydrogens is 194 g/mol. The van der Waals surface area contributed by atoms with Crippen LogP contribution in [-0.4, -0.2) is 27.4 Å². The number of carbonyl (C=O) groups is 1. The summed E-state index contributed by atoms with van der Waals surface area (Å²) in [5, 5.41) is 10.4. The summed E-state index contributed by atoms with van der Waals surface area (Å²) in [5.74, 6) is 0.390. The smallest absolute Gasteiger partial charge is 0.241 e. The van der Waals surface area contributed by atoms with Crippen molar-refractivity contribution < 1.29 is 4.79 Å². The topological polar surface area (TPSA) is 85.8 Å². The van der Waals surface area contributed by atoms with Crippen LogP contribution in [0.5, 0.6) is 0 Å². The van der Waals surface area contributed by atoms with Gasteiger partial charge in [0.2, 0.25) is 5.91 Å². The molecule has 6 nitrogen and oxygen atoms in total. The molecule has 0 radical (unpaired) electrons. The van der Waals surface area contributed by atoms with E-state index in [9.17, 15) is 4.79 Å². The molecule has 1 aromatic rings. The minimum Gasteiger partial charge on any atom is -0.354 e. The van der Waals surface area contributed by atoms with Gasteiger partial charge in [-0.1, -0.05) is 19.1 Å². The Labute approximate surface area is 88.8 Å². The summed E-state index contributed by atoms with van der Waals surface area (Å²) in [5.41, 5.74) is 6.06. The van der Waals surface area contributed by atoms with Gasteiger partial charge in [0.25, 0.3) is 0 Å². The lowest BCUT2D eigenvalue weighted by molar-refractivity contribution is -0.122. The third-order valence-corrected chi connectivity index (χ3v) is 1.81. The monoisotopic (exact) mass is 211 g/mol. The van der Waals surface area contributed by atoms with E-state index in [1.54, 1.807) is 6.20 Å². The summed E-state index contributed by atoms with van der Waals surface area (Å²) in [4.78, 5) is 11.4. The van der Waals surface area contributed by atoms with E-state index in [0.717, 1.165) is 0 Å². The van der Waals surface area contributed by atoms with E-state index in [2.05, 4.69) is 15.6 Å². The second kappa shape index (κ2) is 5.45. The lowest BCUT2D eigenvalue weighted by atomic mass is 10.2. The zero-order valence-electron chi connectivity index (χ0n) is 9.10. The Kier molecular flexibility index (Phi) is 4.23. The van der Waals surface area contributed by atoms with Crippen LogP contribution in [0.25, 0.3) is 0 Å². The maximum Gasteiger partial charge on any atom is 0.241 e. The van der Waals surface area contributed by atoms with Crippen molar-refractivity contribution in [2.75, 3.05) is 6.54 Å². The predicted octanol–water partition coefficient (Wildman–Crippen LogP) is -0.491. The number of nitrogens with one attached hydrogen (secondary N) is 1. The van der Waals surface area contributed by atoms with Crippen LogP contribution < -0.4 is 11.1 Å². The highest BCUT2D eigenvalue weighted by Crippen LogP contribution is 1.91. The number of nitrogens with two attached hydrogens (primary N) is 1. The molecule has 0 aliphatic rings. The first-order chi connectivity index (χ1) is 7.11. The number of rotatable bonds is 5. The van der Waals surface area contributed by atoms with Gasteiger partial charge < -0.3 is 11.1 Å². The first-order valence-corrected chi connectivity index (χ1v) is 4.97. The molecule has 0 aliphatic carbocycles. The normalized spacial score (nSPS) is 10.7. The third kappa shape index (κ3) is 4.07. The number of hydrogen-bond donors (Lipinski definition) is 2. The van der Waals surface area contributed by atoms with Crippen LogP contribution in [0.3, 0.4) is 0 Å². The zero-order valence-corrected chi connectivity index (χ0v) is 9.10. The molecule has 1 aromatic heterocycles. The number of hydrogen-bond acceptors (Lipinski definition) is 4. The minimum absolute atomic E-state index is 0.0582. The van der Waals surface area contributed by atoms with Crippen LogP contribution in [-0.2, 0) is 17.9 Å². The number of nitrogens with zero attached hydrogens (tertiary/aromatic N) is 3. The van der Waals surface area contributed by atoms with Crippen LogP contribution in [0.4, 0.5) is 0 Å². The molecule has 1 heterocycles. The fraction of sp³-hybridized carbons (Fsp3) is 0.667. The van der Waals surface area contributed by atoms with Crippen LogP contribution in [0.2, 0.25) is 0 Å². The first-order valence-electron chi connectivity index (χ1n) is 4.97.